The fourth-order valence-corrected chi connectivity index (χ4v) is 7.94. The molecule has 0 aliphatic heterocycles. The van der Waals surface area contributed by atoms with Gasteiger partial charge in [-0.25, -0.2) is 0 Å². The van der Waals surface area contributed by atoms with Crippen molar-refractivity contribution in [3.8, 4) is 0 Å². The maximum absolute atomic E-state index is 12.8. The fourth-order valence-electron chi connectivity index (χ4n) is 7.94. The molecule has 0 N–H and O–H groups in total. The monoisotopic (exact) mass is 885 g/mol. The second-order valence-electron chi connectivity index (χ2n) is 18.5. The lowest BCUT2D eigenvalue weighted by Crippen LogP contribution is -2.30. The van der Waals surface area contributed by atoms with Crippen molar-refractivity contribution < 1.29 is 28.6 Å². The third kappa shape index (κ3) is 50.5. The van der Waals surface area contributed by atoms with Crippen LogP contribution in [0.4, 0.5) is 0 Å². The summed E-state index contributed by atoms with van der Waals surface area (Å²) in [5.41, 5.74) is 0. The predicted molar refractivity (Wildman–Crippen MR) is 270 cm³/mol. The molecule has 0 heterocycles. The predicted octanol–water partition coefficient (Wildman–Crippen LogP) is 18.1. The molecule has 0 aliphatic carbocycles. The van der Waals surface area contributed by atoms with E-state index < -0.39 is 6.10 Å². The molecule has 0 aromatic heterocycles. The summed E-state index contributed by atoms with van der Waals surface area (Å²) in [5, 5.41) is 0. The second-order valence-corrected chi connectivity index (χ2v) is 18.5. The number of allylic oxidation sites excluding steroid dienone is 6. The van der Waals surface area contributed by atoms with Gasteiger partial charge >= 0.3 is 17.9 Å². The molecule has 1 atom stereocenters. The van der Waals surface area contributed by atoms with E-state index in [0.29, 0.717) is 19.3 Å². The third-order valence-electron chi connectivity index (χ3n) is 12.1. The number of carbonyl (C=O) groups is 3. The normalized spacial score (nSPS) is 12.2. The lowest BCUT2D eigenvalue weighted by Gasteiger charge is -2.18. The minimum Gasteiger partial charge on any atom is -0.462 e. The average Bonchev–Trinajstić information content (AvgIpc) is 3.28. The Morgan fingerprint density at radius 1 is 0.317 bits per heavy atom. The van der Waals surface area contributed by atoms with Crippen molar-refractivity contribution in [1.29, 1.82) is 0 Å². The molecule has 368 valence electrons. The van der Waals surface area contributed by atoms with Crippen LogP contribution in [0, 0.1) is 0 Å². The summed E-state index contributed by atoms with van der Waals surface area (Å²) >= 11 is 0. The van der Waals surface area contributed by atoms with E-state index in [1.54, 1.807) is 0 Å². The van der Waals surface area contributed by atoms with Gasteiger partial charge in [-0.3, -0.25) is 14.4 Å². The van der Waals surface area contributed by atoms with Crippen molar-refractivity contribution in [3.05, 3.63) is 36.5 Å². The van der Waals surface area contributed by atoms with Gasteiger partial charge in [0.1, 0.15) is 13.2 Å². The maximum Gasteiger partial charge on any atom is 0.306 e. The van der Waals surface area contributed by atoms with Gasteiger partial charge in [0.2, 0.25) is 0 Å². The molecule has 0 spiro atoms. The molecule has 0 rings (SSSR count). The largest absolute Gasteiger partial charge is 0.462 e. The quantitative estimate of drug-likeness (QED) is 0.0262. The highest BCUT2D eigenvalue weighted by Crippen LogP contribution is 2.15. The van der Waals surface area contributed by atoms with Gasteiger partial charge in [0.05, 0.1) is 0 Å². The molecule has 0 aromatic rings. The zero-order valence-corrected chi connectivity index (χ0v) is 42.1. The Bertz CT molecular complexity index is 1060. The first-order chi connectivity index (χ1) is 31.0. The van der Waals surface area contributed by atoms with E-state index in [1.807, 2.05) is 0 Å². The van der Waals surface area contributed by atoms with Gasteiger partial charge in [0.15, 0.2) is 6.10 Å². The Labute approximate surface area is 391 Å². The summed E-state index contributed by atoms with van der Waals surface area (Å²) in [4.78, 5) is 37.9. The third-order valence-corrected chi connectivity index (χ3v) is 12.1. The van der Waals surface area contributed by atoms with E-state index in [1.165, 1.54) is 167 Å². The van der Waals surface area contributed by atoms with Crippen LogP contribution in [-0.2, 0) is 28.6 Å². The minimum absolute atomic E-state index is 0.0759. The Hall–Kier alpha value is -2.37. The van der Waals surface area contributed by atoms with Crippen molar-refractivity contribution >= 4 is 17.9 Å². The highest BCUT2D eigenvalue weighted by atomic mass is 16.6. The molecule has 1 unspecified atom stereocenters. The van der Waals surface area contributed by atoms with E-state index >= 15 is 0 Å². The minimum atomic E-state index is -0.776. The number of hydrogen-bond donors (Lipinski definition) is 0. The van der Waals surface area contributed by atoms with Crippen LogP contribution < -0.4 is 0 Å². The van der Waals surface area contributed by atoms with Gasteiger partial charge in [-0.05, 0) is 77.0 Å². The van der Waals surface area contributed by atoms with Crippen molar-refractivity contribution in [2.75, 3.05) is 13.2 Å². The topological polar surface area (TPSA) is 78.9 Å². The highest BCUT2D eigenvalue weighted by Gasteiger charge is 2.19. The lowest BCUT2D eigenvalue weighted by molar-refractivity contribution is -0.167. The first-order valence-electron chi connectivity index (χ1n) is 27.5. The molecule has 6 nitrogen and oxygen atoms in total. The molecule has 6 heteroatoms. The van der Waals surface area contributed by atoms with E-state index in [2.05, 4.69) is 57.2 Å². The lowest BCUT2D eigenvalue weighted by atomic mass is 10.1. The summed E-state index contributed by atoms with van der Waals surface area (Å²) in [7, 11) is 0. The van der Waals surface area contributed by atoms with Crippen molar-refractivity contribution in [2.45, 2.75) is 297 Å². The number of ether oxygens (including phenoxy) is 3. The molecule has 0 amide bonds. The van der Waals surface area contributed by atoms with E-state index in [4.69, 9.17) is 14.2 Å². The van der Waals surface area contributed by atoms with Gasteiger partial charge in [-0.1, -0.05) is 231 Å². The van der Waals surface area contributed by atoms with Crippen LogP contribution in [0.3, 0.4) is 0 Å². The SMILES string of the molecule is CCCCC/C=C\C/C=C\CCCCCCCC(=O)OC(COC(=O)CCCCCCCCCCC)COC(=O)CCCCCCCCCCC/C=C\CCCCCCCCCC. The summed E-state index contributed by atoms with van der Waals surface area (Å²) in [6.45, 7) is 6.60. The van der Waals surface area contributed by atoms with Crippen molar-refractivity contribution in [3.63, 3.8) is 0 Å². The van der Waals surface area contributed by atoms with Crippen LogP contribution in [0.2, 0.25) is 0 Å². The van der Waals surface area contributed by atoms with Crippen LogP contribution in [0.25, 0.3) is 0 Å². The maximum atomic E-state index is 12.8. The molecule has 0 aromatic carbocycles. The van der Waals surface area contributed by atoms with E-state index in [9.17, 15) is 14.4 Å². The van der Waals surface area contributed by atoms with Gasteiger partial charge in [-0.15, -0.1) is 0 Å². The van der Waals surface area contributed by atoms with Crippen LogP contribution in [0.5, 0.6) is 0 Å². The smallest absolute Gasteiger partial charge is 0.306 e. The summed E-state index contributed by atoms with van der Waals surface area (Å²) < 4.78 is 16.8. The Balaban J connectivity index is 4.26. The summed E-state index contributed by atoms with van der Waals surface area (Å²) in [6, 6.07) is 0. The summed E-state index contributed by atoms with van der Waals surface area (Å²) in [5.74, 6) is -0.883. The number of esters is 3. The molecule has 0 aliphatic rings. The molecule has 0 fully saturated rings. The van der Waals surface area contributed by atoms with Crippen LogP contribution in [-0.4, -0.2) is 37.2 Å². The first-order valence-corrected chi connectivity index (χ1v) is 27.5. The number of rotatable bonds is 50. The molecule has 0 saturated carbocycles. The molecular weight excluding hydrogens is 781 g/mol. The Morgan fingerprint density at radius 2 is 0.571 bits per heavy atom. The van der Waals surface area contributed by atoms with Crippen LogP contribution >= 0.6 is 0 Å². The second kappa shape index (κ2) is 52.3. The first kappa shape index (κ1) is 60.6. The van der Waals surface area contributed by atoms with Gasteiger partial charge < -0.3 is 14.2 Å². The Kier molecular flexibility index (Phi) is 50.3. The highest BCUT2D eigenvalue weighted by molar-refractivity contribution is 5.71. The van der Waals surface area contributed by atoms with Gasteiger partial charge in [0.25, 0.3) is 0 Å². The molecule has 63 heavy (non-hydrogen) atoms. The molecule has 0 radical (unpaired) electrons. The van der Waals surface area contributed by atoms with Gasteiger partial charge in [-0.2, -0.15) is 0 Å². The van der Waals surface area contributed by atoms with Crippen molar-refractivity contribution in [2.24, 2.45) is 0 Å². The fraction of sp³-hybridized carbons (Fsp3) is 0.842. The van der Waals surface area contributed by atoms with Crippen LogP contribution in [0.1, 0.15) is 290 Å². The number of carbonyl (C=O) groups excluding carboxylic acids is 3. The standard InChI is InChI=1S/C57H104O6/c1-4-7-10-13-16-19-21-23-25-26-27-28-29-30-32-33-35-38-41-44-47-50-56(59)62-53-54(52-61-55(58)49-46-43-40-37-18-15-12-9-6-3)63-57(60)51-48-45-42-39-36-34-31-24-22-20-17-14-11-8-5-2/h17,20,24,26-27,31,54H,4-16,18-19,21-23,25,28-30,32-53H2,1-3H3/b20-17-,27-26-,31-24-. The van der Waals surface area contributed by atoms with Crippen molar-refractivity contribution in [1.82, 2.24) is 0 Å². The Morgan fingerprint density at radius 3 is 0.921 bits per heavy atom. The molecular formula is C57H104O6. The number of hydrogen-bond acceptors (Lipinski definition) is 6. The number of unbranched alkanes of at least 4 members (excludes halogenated alkanes) is 33. The van der Waals surface area contributed by atoms with Crippen LogP contribution in [0.15, 0.2) is 36.5 Å². The molecule has 0 bridgehead atoms. The van der Waals surface area contributed by atoms with Gasteiger partial charge in [0, 0.05) is 19.3 Å². The average molecular weight is 885 g/mol. The zero-order valence-electron chi connectivity index (χ0n) is 42.1. The zero-order chi connectivity index (χ0) is 45.8. The summed E-state index contributed by atoms with van der Waals surface area (Å²) in [6.07, 6.45) is 61.4. The van der Waals surface area contributed by atoms with E-state index in [0.717, 1.165) is 83.5 Å². The molecule has 0 saturated heterocycles. The van der Waals surface area contributed by atoms with E-state index in [-0.39, 0.29) is 31.1 Å².